The first-order valence-corrected chi connectivity index (χ1v) is 10.2. The van der Waals surface area contributed by atoms with Crippen LogP contribution in [0.5, 0.6) is 0 Å². The van der Waals surface area contributed by atoms with E-state index in [-0.39, 0.29) is 23.9 Å². The van der Waals surface area contributed by atoms with Crippen LogP contribution in [0.25, 0.3) is 10.9 Å². The first-order chi connectivity index (χ1) is 14.1. The topological polar surface area (TPSA) is 78.1 Å². The van der Waals surface area contributed by atoms with Crippen LogP contribution in [-0.2, 0) is 11.2 Å². The molecule has 0 unspecified atom stereocenters. The molecule has 1 atom stereocenters. The fourth-order valence-corrected chi connectivity index (χ4v) is 3.58. The summed E-state index contributed by atoms with van der Waals surface area (Å²) < 4.78 is 0. The maximum atomic E-state index is 12.5. The number of aromatic amines is 1. The molecule has 3 aromatic rings. The van der Waals surface area contributed by atoms with Crippen LogP contribution in [0.15, 0.2) is 59.4 Å². The Morgan fingerprint density at radius 1 is 1.07 bits per heavy atom. The van der Waals surface area contributed by atoms with Crippen LogP contribution in [0.1, 0.15) is 37.7 Å². The summed E-state index contributed by atoms with van der Waals surface area (Å²) in [6, 6.07) is 17.6. The molecule has 0 aliphatic carbocycles. The third-order valence-corrected chi connectivity index (χ3v) is 5.18. The van der Waals surface area contributed by atoms with Gasteiger partial charge in [0.25, 0.3) is 5.56 Å². The van der Waals surface area contributed by atoms with Crippen LogP contribution >= 0.6 is 0 Å². The summed E-state index contributed by atoms with van der Waals surface area (Å²) in [5.41, 5.74) is 1.67. The second-order valence-electron chi connectivity index (χ2n) is 6.98. The zero-order valence-corrected chi connectivity index (χ0v) is 17.0. The highest BCUT2D eigenvalue weighted by molar-refractivity contribution is 5.78. The molecule has 152 valence electrons. The number of hydrogen-bond donors (Lipinski definition) is 2. The number of carbonyl (C=O) groups excluding carboxylic acids is 1. The lowest BCUT2D eigenvalue weighted by Crippen LogP contribution is -2.38. The largest absolute Gasteiger partial charge is 0.354 e. The van der Waals surface area contributed by atoms with Crippen molar-refractivity contribution in [2.24, 2.45) is 0 Å². The second-order valence-corrected chi connectivity index (χ2v) is 6.98. The number of H-pyrrole nitrogens is 1. The molecule has 0 aliphatic rings. The monoisotopic (exact) mass is 392 g/mol. The van der Waals surface area contributed by atoms with Gasteiger partial charge in [-0.05, 0) is 30.8 Å². The van der Waals surface area contributed by atoms with Gasteiger partial charge in [-0.3, -0.25) is 14.5 Å². The van der Waals surface area contributed by atoms with Gasteiger partial charge in [-0.2, -0.15) is 0 Å². The number of amides is 1. The summed E-state index contributed by atoms with van der Waals surface area (Å²) in [4.78, 5) is 34.2. The third kappa shape index (κ3) is 5.29. The fraction of sp³-hybridized carbons (Fsp3) is 0.348. The number of rotatable bonds is 9. The molecule has 0 bridgehead atoms. The Morgan fingerprint density at radius 3 is 2.48 bits per heavy atom. The van der Waals surface area contributed by atoms with E-state index in [4.69, 9.17) is 0 Å². The molecule has 2 aromatic carbocycles. The number of carbonyl (C=O) groups is 1. The van der Waals surface area contributed by atoms with E-state index in [2.05, 4.69) is 46.2 Å². The van der Waals surface area contributed by atoms with E-state index in [0.29, 0.717) is 29.7 Å². The van der Waals surface area contributed by atoms with Gasteiger partial charge in [0.05, 0.1) is 16.9 Å². The van der Waals surface area contributed by atoms with Crippen LogP contribution in [0, 0.1) is 0 Å². The maximum Gasteiger partial charge on any atom is 0.258 e. The third-order valence-electron chi connectivity index (χ3n) is 5.18. The van der Waals surface area contributed by atoms with Crippen molar-refractivity contribution < 1.29 is 4.79 Å². The van der Waals surface area contributed by atoms with Crippen molar-refractivity contribution in [2.75, 3.05) is 19.6 Å². The molecule has 1 heterocycles. The minimum atomic E-state index is -0.170. The van der Waals surface area contributed by atoms with Crippen LogP contribution in [0.3, 0.4) is 0 Å². The Hall–Kier alpha value is -2.99. The summed E-state index contributed by atoms with van der Waals surface area (Å²) in [5, 5.41) is 3.61. The average Bonchev–Trinajstić information content (AvgIpc) is 2.76. The van der Waals surface area contributed by atoms with Gasteiger partial charge in [0.1, 0.15) is 5.82 Å². The highest BCUT2D eigenvalue weighted by Crippen LogP contribution is 2.19. The van der Waals surface area contributed by atoms with Crippen molar-refractivity contribution in [3.8, 4) is 0 Å². The fourth-order valence-electron chi connectivity index (χ4n) is 3.58. The van der Waals surface area contributed by atoms with Crippen molar-refractivity contribution in [1.29, 1.82) is 0 Å². The van der Waals surface area contributed by atoms with Crippen LogP contribution < -0.4 is 10.9 Å². The summed E-state index contributed by atoms with van der Waals surface area (Å²) >= 11 is 0. The number of hydrogen-bond acceptors (Lipinski definition) is 4. The van der Waals surface area contributed by atoms with E-state index in [9.17, 15) is 9.59 Å². The van der Waals surface area contributed by atoms with Gasteiger partial charge in [-0.25, -0.2) is 4.98 Å². The van der Waals surface area contributed by atoms with E-state index in [1.165, 1.54) is 5.56 Å². The Kier molecular flexibility index (Phi) is 7.14. The van der Waals surface area contributed by atoms with Gasteiger partial charge in [0.2, 0.25) is 5.91 Å². The molecule has 6 nitrogen and oxygen atoms in total. The predicted octanol–water partition coefficient (Wildman–Crippen LogP) is 3.06. The number of fused-ring (bicyclic) bond motifs is 1. The van der Waals surface area contributed by atoms with Crippen molar-refractivity contribution in [3.05, 3.63) is 76.3 Å². The Balaban J connectivity index is 1.61. The van der Waals surface area contributed by atoms with Crippen LogP contribution in [0.4, 0.5) is 0 Å². The van der Waals surface area contributed by atoms with E-state index in [1.54, 1.807) is 6.07 Å². The zero-order valence-electron chi connectivity index (χ0n) is 17.0. The minimum Gasteiger partial charge on any atom is -0.354 e. The lowest BCUT2D eigenvalue weighted by Gasteiger charge is -2.30. The summed E-state index contributed by atoms with van der Waals surface area (Å²) in [7, 11) is 0. The lowest BCUT2D eigenvalue weighted by molar-refractivity contribution is -0.121. The van der Waals surface area contributed by atoms with Crippen LogP contribution in [-0.4, -0.2) is 40.4 Å². The quantitative estimate of drug-likeness (QED) is 0.587. The first kappa shape index (κ1) is 20.7. The SMILES string of the molecule is CCN(CC)[C@@H](CNC(=O)CCc1nc2ccccc2c(=O)[nH]1)c1ccccc1. The molecular weight excluding hydrogens is 364 g/mol. The number of aromatic nitrogens is 2. The number of nitrogens with one attached hydrogen (secondary N) is 2. The van der Waals surface area contributed by atoms with E-state index in [0.717, 1.165) is 13.1 Å². The first-order valence-electron chi connectivity index (χ1n) is 10.2. The Morgan fingerprint density at radius 2 is 1.76 bits per heavy atom. The number of aryl methyl sites for hydroxylation is 1. The van der Waals surface area contributed by atoms with Crippen molar-refractivity contribution in [1.82, 2.24) is 20.2 Å². The van der Waals surface area contributed by atoms with Gasteiger partial charge in [-0.15, -0.1) is 0 Å². The summed E-state index contributed by atoms with van der Waals surface area (Å²) in [6.45, 7) is 6.63. The number of nitrogens with zero attached hydrogens (tertiary/aromatic N) is 2. The number of benzene rings is 2. The van der Waals surface area contributed by atoms with Crippen molar-refractivity contribution in [2.45, 2.75) is 32.7 Å². The average molecular weight is 393 g/mol. The molecule has 29 heavy (non-hydrogen) atoms. The van der Waals surface area contributed by atoms with E-state index < -0.39 is 0 Å². The molecule has 1 aromatic heterocycles. The van der Waals surface area contributed by atoms with Gasteiger partial charge < -0.3 is 10.3 Å². The number of para-hydroxylation sites is 1. The van der Waals surface area contributed by atoms with Crippen molar-refractivity contribution in [3.63, 3.8) is 0 Å². The zero-order chi connectivity index (χ0) is 20.6. The molecule has 0 aliphatic heterocycles. The number of likely N-dealkylation sites (N-methyl/N-ethyl adjacent to an activating group) is 1. The molecule has 2 N–H and O–H groups in total. The molecular formula is C23H28N4O2. The minimum absolute atomic E-state index is 0.0473. The molecule has 0 saturated heterocycles. The molecule has 0 fully saturated rings. The Labute approximate surface area is 171 Å². The second kappa shape index (κ2) is 9.98. The van der Waals surface area contributed by atoms with Gasteiger partial charge in [-0.1, -0.05) is 56.3 Å². The molecule has 0 spiro atoms. The lowest BCUT2D eigenvalue weighted by atomic mass is 10.0. The van der Waals surface area contributed by atoms with Gasteiger partial charge in [0, 0.05) is 19.4 Å². The predicted molar refractivity (Wildman–Crippen MR) is 116 cm³/mol. The van der Waals surface area contributed by atoms with E-state index in [1.807, 2.05) is 36.4 Å². The normalized spacial score (nSPS) is 12.2. The smallest absolute Gasteiger partial charge is 0.258 e. The summed E-state index contributed by atoms with van der Waals surface area (Å²) in [6.07, 6.45) is 0.675. The standard InChI is InChI=1S/C23H28N4O2/c1-3-27(4-2)20(17-10-6-5-7-11-17)16-24-22(28)15-14-21-25-19-13-9-8-12-18(19)23(29)26-21/h5-13,20H,3-4,14-16H2,1-2H3,(H,24,28)(H,25,26,29)/t20-/m0/s1. The maximum absolute atomic E-state index is 12.5. The van der Waals surface area contributed by atoms with Crippen molar-refractivity contribution >= 4 is 16.8 Å². The molecule has 0 saturated carbocycles. The molecule has 0 radical (unpaired) electrons. The van der Waals surface area contributed by atoms with Crippen LogP contribution in [0.2, 0.25) is 0 Å². The Bertz CT molecular complexity index is 996. The van der Waals surface area contributed by atoms with Gasteiger partial charge >= 0.3 is 0 Å². The highest BCUT2D eigenvalue weighted by Gasteiger charge is 2.18. The molecule has 3 rings (SSSR count). The highest BCUT2D eigenvalue weighted by atomic mass is 16.1. The van der Waals surface area contributed by atoms with Gasteiger partial charge in [0.15, 0.2) is 0 Å². The van der Waals surface area contributed by atoms with E-state index >= 15 is 0 Å². The summed E-state index contributed by atoms with van der Waals surface area (Å²) in [5.74, 6) is 0.487. The molecule has 6 heteroatoms. The molecule has 1 amide bonds.